The fourth-order valence-corrected chi connectivity index (χ4v) is 1.51. The standard InChI is InChI=1S/C8H5BrF2N2/c1-4-2-6(8(10)11)13-7(9)5(4)3-12/h2,8H,1H3. The van der Waals surface area contributed by atoms with Gasteiger partial charge >= 0.3 is 0 Å². The number of nitriles is 1. The predicted molar refractivity (Wildman–Crippen MR) is 46.3 cm³/mol. The summed E-state index contributed by atoms with van der Waals surface area (Å²) in [4.78, 5) is 3.55. The molecule has 0 radical (unpaired) electrons. The second kappa shape index (κ2) is 3.79. The number of alkyl halides is 2. The van der Waals surface area contributed by atoms with Gasteiger partial charge in [0.15, 0.2) is 0 Å². The molecule has 0 aliphatic heterocycles. The molecule has 1 rings (SSSR count). The molecule has 0 atom stereocenters. The second-order valence-electron chi connectivity index (χ2n) is 2.44. The van der Waals surface area contributed by atoms with Crippen molar-refractivity contribution in [1.82, 2.24) is 4.98 Å². The van der Waals surface area contributed by atoms with Crippen molar-refractivity contribution in [3.8, 4) is 6.07 Å². The van der Waals surface area contributed by atoms with E-state index in [0.717, 1.165) is 0 Å². The molecule has 2 nitrogen and oxygen atoms in total. The maximum Gasteiger partial charge on any atom is 0.280 e. The quantitative estimate of drug-likeness (QED) is 0.715. The van der Waals surface area contributed by atoms with Crippen molar-refractivity contribution in [3.63, 3.8) is 0 Å². The van der Waals surface area contributed by atoms with Gasteiger partial charge in [0.05, 0.1) is 5.56 Å². The molecule has 0 spiro atoms. The van der Waals surface area contributed by atoms with Crippen molar-refractivity contribution < 1.29 is 8.78 Å². The molecule has 0 fully saturated rings. The summed E-state index contributed by atoms with van der Waals surface area (Å²) in [6.45, 7) is 1.59. The summed E-state index contributed by atoms with van der Waals surface area (Å²) in [7, 11) is 0. The van der Waals surface area contributed by atoms with E-state index in [2.05, 4.69) is 20.9 Å². The first-order valence-electron chi connectivity index (χ1n) is 3.41. The monoisotopic (exact) mass is 246 g/mol. The minimum absolute atomic E-state index is 0.172. The van der Waals surface area contributed by atoms with Crippen LogP contribution in [-0.4, -0.2) is 4.98 Å². The van der Waals surface area contributed by atoms with Gasteiger partial charge in [-0.05, 0) is 34.5 Å². The maximum atomic E-state index is 12.2. The van der Waals surface area contributed by atoms with E-state index in [1.54, 1.807) is 6.92 Å². The molecule has 0 amide bonds. The van der Waals surface area contributed by atoms with Crippen LogP contribution in [0.4, 0.5) is 8.78 Å². The van der Waals surface area contributed by atoms with Crippen LogP contribution >= 0.6 is 15.9 Å². The van der Waals surface area contributed by atoms with Crippen LogP contribution in [0.15, 0.2) is 10.7 Å². The molecule has 1 heterocycles. The lowest BCUT2D eigenvalue weighted by atomic mass is 10.1. The van der Waals surface area contributed by atoms with Crippen molar-refractivity contribution in [2.75, 3.05) is 0 Å². The average molecular weight is 247 g/mol. The summed E-state index contributed by atoms with van der Waals surface area (Å²) in [6, 6.07) is 3.09. The Morgan fingerprint density at radius 2 is 2.23 bits per heavy atom. The van der Waals surface area contributed by atoms with Gasteiger partial charge in [-0.1, -0.05) is 0 Å². The van der Waals surface area contributed by atoms with Gasteiger partial charge in [0.25, 0.3) is 6.43 Å². The lowest BCUT2D eigenvalue weighted by Gasteiger charge is -2.03. The molecule has 68 valence electrons. The van der Waals surface area contributed by atoms with E-state index in [-0.39, 0.29) is 10.3 Å². The number of nitrogens with zero attached hydrogens (tertiary/aromatic N) is 2. The number of pyridine rings is 1. The zero-order valence-electron chi connectivity index (χ0n) is 6.68. The highest BCUT2D eigenvalue weighted by atomic mass is 79.9. The summed E-state index contributed by atoms with van der Waals surface area (Å²) in [5.41, 5.74) is 0.479. The largest absolute Gasteiger partial charge is 0.280 e. The zero-order chi connectivity index (χ0) is 10.0. The van der Waals surface area contributed by atoms with Crippen LogP contribution in [0.1, 0.15) is 23.2 Å². The molecule has 0 N–H and O–H groups in total. The topological polar surface area (TPSA) is 36.7 Å². The van der Waals surface area contributed by atoms with Gasteiger partial charge in [-0.3, -0.25) is 0 Å². The fraction of sp³-hybridized carbons (Fsp3) is 0.250. The SMILES string of the molecule is Cc1cc(C(F)F)nc(Br)c1C#N. The van der Waals surface area contributed by atoms with Gasteiger partial charge in [0.2, 0.25) is 0 Å². The summed E-state index contributed by atoms with van der Waals surface area (Å²) in [6.07, 6.45) is -2.61. The number of halogens is 3. The molecule has 0 aliphatic carbocycles. The van der Waals surface area contributed by atoms with Gasteiger partial charge in [0.1, 0.15) is 16.4 Å². The maximum absolute atomic E-state index is 12.2. The molecular formula is C8H5BrF2N2. The van der Waals surface area contributed by atoms with Crippen molar-refractivity contribution in [3.05, 3.63) is 27.5 Å². The Bertz CT molecular complexity index is 348. The smallest absolute Gasteiger partial charge is 0.239 e. The summed E-state index contributed by atoms with van der Waals surface area (Å²) in [5.74, 6) is 0. The second-order valence-corrected chi connectivity index (χ2v) is 3.19. The normalized spacial score (nSPS) is 10.2. The predicted octanol–water partition coefficient (Wildman–Crippen LogP) is 2.96. The molecular weight excluding hydrogens is 242 g/mol. The molecule has 13 heavy (non-hydrogen) atoms. The molecule has 1 aromatic rings. The highest BCUT2D eigenvalue weighted by molar-refractivity contribution is 9.10. The third-order valence-corrected chi connectivity index (χ3v) is 2.10. The van der Waals surface area contributed by atoms with E-state index >= 15 is 0 Å². The molecule has 0 saturated carbocycles. The first-order valence-corrected chi connectivity index (χ1v) is 4.21. The molecule has 1 aromatic heterocycles. The Labute approximate surface area is 82.3 Å². The van der Waals surface area contributed by atoms with E-state index in [9.17, 15) is 8.78 Å². The van der Waals surface area contributed by atoms with E-state index < -0.39 is 6.43 Å². The lowest BCUT2D eigenvalue weighted by molar-refractivity contribution is 0.146. The Kier molecular flexibility index (Phi) is 2.94. The van der Waals surface area contributed by atoms with Crippen LogP contribution < -0.4 is 0 Å². The summed E-state index contributed by atoms with van der Waals surface area (Å²) in [5, 5.41) is 8.62. The van der Waals surface area contributed by atoms with Crippen molar-refractivity contribution in [2.45, 2.75) is 13.3 Å². The highest BCUT2D eigenvalue weighted by Crippen LogP contribution is 2.23. The van der Waals surface area contributed by atoms with Crippen molar-refractivity contribution in [2.24, 2.45) is 0 Å². The Balaban J connectivity index is 3.30. The molecule has 0 aliphatic rings. The van der Waals surface area contributed by atoms with E-state index in [0.29, 0.717) is 11.1 Å². The number of hydrogen-bond acceptors (Lipinski definition) is 2. The van der Waals surface area contributed by atoms with Crippen LogP contribution in [0.25, 0.3) is 0 Å². The number of rotatable bonds is 1. The zero-order valence-corrected chi connectivity index (χ0v) is 8.27. The molecule has 0 unspecified atom stereocenters. The third-order valence-electron chi connectivity index (χ3n) is 1.53. The van der Waals surface area contributed by atoms with Crippen LogP contribution in [0.2, 0.25) is 0 Å². The fourth-order valence-electron chi connectivity index (χ4n) is 0.904. The Morgan fingerprint density at radius 3 is 2.62 bits per heavy atom. The molecule has 0 aromatic carbocycles. The van der Waals surface area contributed by atoms with Crippen LogP contribution in [0.3, 0.4) is 0 Å². The summed E-state index contributed by atoms with van der Waals surface area (Å²) < 4.78 is 24.6. The average Bonchev–Trinajstić information content (AvgIpc) is 2.03. The van der Waals surface area contributed by atoms with Crippen molar-refractivity contribution in [1.29, 1.82) is 5.26 Å². The van der Waals surface area contributed by atoms with Crippen LogP contribution in [0, 0.1) is 18.3 Å². The molecule has 0 bridgehead atoms. The minimum Gasteiger partial charge on any atom is -0.239 e. The summed E-state index contributed by atoms with van der Waals surface area (Å²) >= 11 is 2.96. The van der Waals surface area contributed by atoms with Gasteiger partial charge in [-0.15, -0.1) is 0 Å². The Morgan fingerprint density at radius 1 is 1.62 bits per heavy atom. The molecule has 5 heteroatoms. The van der Waals surface area contributed by atoms with Gasteiger partial charge in [-0.2, -0.15) is 5.26 Å². The number of hydrogen-bond donors (Lipinski definition) is 0. The number of aryl methyl sites for hydroxylation is 1. The lowest BCUT2D eigenvalue weighted by Crippen LogP contribution is -1.96. The highest BCUT2D eigenvalue weighted by Gasteiger charge is 2.13. The van der Waals surface area contributed by atoms with E-state index in [1.165, 1.54) is 6.07 Å². The van der Waals surface area contributed by atoms with E-state index in [1.807, 2.05) is 6.07 Å². The van der Waals surface area contributed by atoms with Gasteiger partial charge in [-0.25, -0.2) is 13.8 Å². The Hall–Kier alpha value is -1.02. The number of aromatic nitrogens is 1. The van der Waals surface area contributed by atoms with E-state index in [4.69, 9.17) is 5.26 Å². The van der Waals surface area contributed by atoms with Crippen molar-refractivity contribution >= 4 is 15.9 Å². The van der Waals surface area contributed by atoms with Gasteiger partial charge < -0.3 is 0 Å². The first kappa shape index (κ1) is 10.1. The third kappa shape index (κ3) is 2.01. The molecule has 0 saturated heterocycles. The van der Waals surface area contributed by atoms with Gasteiger partial charge in [0, 0.05) is 0 Å². The first-order chi connectivity index (χ1) is 6.06. The minimum atomic E-state index is -2.61. The van der Waals surface area contributed by atoms with Crippen LogP contribution in [0.5, 0.6) is 0 Å². The van der Waals surface area contributed by atoms with Crippen LogP contribution in [-0.2, 0) is 0 Å².